The highest BCUT2D eigenvalue weighted by atomic mass is 28.4. The summed E-state index contributed by atoms with van der Waals surface area (Å²) in [5, 5.41) is 0.148. The maximum atomic E-state index is 11.9. The second kappa shape index (κ2) is 7.60. The van der Waals surface area contributed by atoms with E-state index >= 15 is 0 Å². The van der Waals surface area contributed by atoms with Crippen molar-refractivity contribution in [3.05, 3.63) is 0 Å². The molecule has 0 aromatic carbocycles. The van der Waals surface area contributed by atoms with Gasteiger partial charge in [0.2, 0.25) is 0 Å². The lowest BCUT2D eigenvalue weighted by Crippen LogP contribution is -2.49. The maximum Gasteiger partial charge on any atom is 0.308 e. The van der Waals surface area contributed by atoms with Crippen LogP contribution in [0.25, 0.3) is 0 Å². The summed E-state index contributed by atoms with van der Waals surface area (Å²) in [5.74, 6) is -0.148. The molecule has 0 aliphatic rings. The van der Waals surface area contributed by atoms with Gasteiger partial charge in [-0.2, -0.15) is 0 Å². The minimum atomic E-state index is -1.89. The van der Waals surface area contributed by atoms with Crippen molar-refractivity contribution in [3.8, 4) is 0 Å². The Bertz CT molecular complexity index is 307. The summed E-state index contributed by atoms with van der Waals surface area (Å²) in [5.41, 5.74) is -0.398. The minimum Gasteiger partial charge on any atom is -0.466 e. The van der Waals surface area contributed by atoms with Crippen LogP contribution in [0.15, 0.2) is 0 Å². The van der Waals surface area contributed by atoms with Gasteiger partial charge in [-0.15, -0.1) is 0 Å². The average molecular weight is 303 g/mol. The molecule has 3 nitrogen and oxygen atoms in total. The first-order chi connectivity index (χ1) is 8.97. The third-order valence-electron chi connectivity index (χ3n) is 4.19. The molecule has 0 heterocycles. The molecule has 1 unspecified atom stereocenters. The van der Waals surface area contributed by atoms with Crippen LogP contribution >= 0.6 is 0 Å². The van der Waals surface area contributed by atoms with Gasteiger partial charge in [-0.05, 0) is 38.4 Å². The quantitative estimate of drug-likeness (QED) is 0.472. The molecule has 0 saturated heterocycles. The summed E-state index contributed by atoms with van der Waals surface area (Å²) < 4.78 is 11.7. The fourth-order valence-corrected chi connectivity index (χ4v) is 3.73. The number of rotatable bonds is 8. The lowest BCUT2D eigenvalue weighted by Gasteiger charge is -2.44. The van der Waals surface area contributed by atoms with Gasteiger partial charge in [0.05, 0.1) is 18.6 Å². The van der Waals surface area contributed by atoms with E-state index in [9.17, 15) is 4.79 Å². The molecule has 0 spiro atoms. The highest BCUT2D eigenvalue weighted by Crippen LogP contribution is 2.41. The number of unbranched alkanes of at least 4 members (excludes halogenated alkanes) is 1. The number of carbonyl (C=O) groups excluding carboxylic acids is 1. The summed E-state index contributed by atoms with van der Waals surface area (Å²) in [7, 11) is -1.89. The second-order valence-corrected chi connectivity index (χ2v) is 12.1. The van der Waals surface area contributed by atoms with E-state index in [1.165, 1.54) is 0 Å². The summed E-state index contributed by atoms with van der Waals surface area (Å²) >= 11 is 0. The average Bonchev–Trinajstić information content (AvgIpc) is 2.24. The molecule has 0 amide bonds. The Hall–Kier alpha value is -0.353. The van der Waals surface area contributed by atoms with E-state index in [4.69, 9.17) is 9.16 Å². The van der Waals surface area contributed by atoms with Gasteiger partial charge in [-0.1, -0.05) is 40.5 Å². The van der Waals surface area contributed by atoms with Crippen LogP contribution in [-0.2, 0) is 14.0 Å². The number of esters is 1. The van der Waals surface area contributed by atoms with E-state index in [-0.39, 0.29) is 11.0 Å². The zero-order chi connectivity index (χ0) is 16.0. The second-order valence-electron chi connectivity index (χ2n) is 7.40. The van der Waals surface area contributed by atoms with Crippen molar-refractivity contribution in [2.45, 2.75) is 91.0 Å². The predicted molar refractivity (Wildman–Crippen MR) is 87.5 cm³/mol. The number of carbonyl (C=O) groups is 1. The van der Waals surface area contributed by atoms with E-state index in [1.807, 2.05) is 6.92 Å². The Labute approximate surface area is 126 Å². The van der Waals surface area contributed by atoms with Crippen LogP contribution in [0.4, 0.5) is 0 Å². The summed E-state index contributed by atoms with van der Waals surface area (Å²) in [6.45, 7) is 17.7. The standard InChI is InChI=1S/C16H34O3Si/c1-9-11-12-16(6,13-14(17)18-10-2)19-20(7,8)15(3,4)5/h9-13H2,1-8H3. The van der Waals surface area contributed by atoms with E-state index < -0.39 is 13.9 Å². The van der Waals surface area contributed by atoms with E-state index in [0.717, 1.165) is 19.3 Å². The molecular weight excluding hydrogens is 268 g/mol. The minimum absolute atomic E-state index is 0.148. The lowest BCUT2D eigenvalue weighted by molar-refractivity contribution is -0.147. The van der Waals surface area contributed by atoms with Gasteiger partial charge < -0.3 is 9.16 Å². The van der Waals surface area contributed by atoms with Gasteiger partial charge in [0.1, 0.15) is 0 Å². The Morgan fingerprint density at radius 2 is 1.65 bits per heavy atom. The SMILES string of the molecule is CCCCC(C)(CC(=O)OCC)O[Si](C)(C)C(C)(C)C. The van der Waals surface area contributed by atoms with Gasteiger partial charge in [-0.3, -0.25) is 4.79 Å². The summed E-state index contributed by atoms with van der Waals surface area (Å²) in [6, 6.07) is 0. The Balaban J connectivity index is 4.99. The molecule has 0 bridgehead atoms. The van der Waals surface area contributed by atoms with Crippen molar-refractivity contribution < 1.29 is 14.0 Å². The zero-order valence-corrected chi connectivity index (χ0v) is 15.8. The molecule has 0 aliphatic heterocycles. The van der Waals surface area contributed by atoms with Crippen molar-refractivity contribution in [1.29, 1.82) is 0 Å². The molecule has 120 valence electrons. The highest BCUT2D eigenvalue weighted by molar-refractivity contribution is 6.74. The topological polar surface area (TPSA) is 35.5 Å². The molecule has 0 radical (unpaired) electrons. The van der Waals surface area contributed by atoms with Gasteiger partial charge >= 0.3 is 5.97 Å². The van der Waals surface area contributed by atoms with E-state index in [2.05, 4.69) is 47.7 Å². The van der Waals surface area contributed by atoms with E-state index in [0.29, 0.717) is 13.0 Å². The van der Waals surface area contributed by atoms with Crippen LogP contribution in [0.3, 0.4) is 0 Å². The van der Waals surface area contributed by atoms with Crippen molar-refractivity contribution in [3.63, 3.8) is 0 Å². The van der Waals surface area contributed by atoms with Gasteiger partial charge in [-0.25, -0.2) is 0 Å². The summed E-state index contributed by atoms with van der Waals surface area (Å²) in [6.07, 6.45) is 3.45. The molecule has 0 rings (SSSR count). The molecular formula is C16H34O3Si. The first-order valence-electron chi connectivity index (χ1n) is 7.83. The number of hydrogen-bond acceptors (Lipinski definition) is 3. The lowest BCUT2D eigenvalue weighted by atomic mass is 9.95. The van der Waals surface area contributed by atoms with Crippen molar-refractivity contribution in [2.24, 2.45) is 0 Å². The number of hydrogen-bond donors (Lipinski definition) is 0. The fourth-order valence-electron chi connectivity index (χ4n) is 2.01. The molecule has 0 aromatic rings. The van der Waals surface area contributed by atoms with Crippen LogP contribution in [0.2, 0.25) is 18.1 Å². The first kappa shape index (κ1) is 19.6. The third-order valence-corrected chi connectivity index (χ3v) is 8.81. The molecule has 4 heteroatoms. The molecule has 1 atom stereocenters. The molecule has 0 fully saturated rings. The van der Waals surface area contributed by atoms with Crippen LogP contribution in [0.5, 0.6) is 0 Å². The summed E-state index contributed by atoms with van der Waals surface area (Å²) in [4.78, 5) is 11.9. The molecule has 0 aromatic heterocycles. The third kappa shape index (κ3) is 6.40. The highest BCUT2D eigenvalue weighted by Gasteiger charge is 2.43. The maximum absolute atomic E-state index is 11.9. The van der Waals surface area contributed by atoms with Crippen molar-refractivity contribution in [1.82, 2.24) is 0 Å². The molecule has 20 heavy (non-hydrogen) atoms. The Morgan fingerprint density at radius 1 is 1.10 bits per heavy atom. The zero-order valence-electron chi connectivity index (χ0n) is 14.8. The van der Waals surface area contributed by atoms with Crippen molar-refractivity contribution in [2.75, 3.05) is 6.61 Å². The number of ether oxygens (including phenoxy) is 1. The molecule has 0 saturated carbocycles. The van der Waals surface area contributed by atoms with Gasteiger partial charge in [0, 0.05) is 0 Å². The van der Waals surface area contributed by atoms with Crippen LogP contribution in [0.1, 0.15) is 67.2 Å². The van der Waals surface area contributed by atoms with Crippen molar-refractivity contribution >= 4 is 14.3 Å². The van der Waals surface area contributed by atoms with Gasteiger partial charge in [0.25, 0.3) is 0 Å². The predicted octanol–water partition coefficient (Wildman–Crippen LogP) is 4.91. The largest absolute Gasteiger partial charge is 0.466 e. The Kier molecular flexibility index (Phi) is 7.46. The Morgan fingerprint density at radius 3 is 2.05 bits per heavy atom. The monoisotopic (exact) mass is 302 g/mol. The van der Waals surface area contributed by atoms with E-state index in [1.54, 1.807) is 0 Å². The smallest absolute Gasteiger partial charge is 0.308 e. The fraction of sp³-hybridized carbons (Fsp3) is 0.938. The molecule has 0 aliphatic carbocycles. The normalized spacial score (nSPS) is 15.8. The van der Waals surface area contributed by atoms with Crippen LogP contribution in [0, 0.1) is 0 Å². The van der Waals surface area contributed by atoms with Crippen LogP contribution in [-0.4, -0.2) is 26.5 Å². The van der Waals surface area contributed by atoms with Crippen LogP contribution < -0.4 is 0 Å². The molecule has 0 N–H and O–H groups in total. The first-order valence-corrected chi connectivity index (χ1v) is 10.7. The van der Waals surface area contributed by atoms with Gasteiger partial charge in [0.15, 0.2) is 8.32 Å².